The predicted octanol–water partition coefficient (Wildman–Crippen LogP) is 2.74. The van der Waals surface area contributed by atoms with Gasteiger partial charge in [0.2, 0.25) is 0 Å². The van der Waals surface area contributed by atoms with Crippen LogP contribution in [0.4, 0.5) is 0 Å². The van der Waals surface area contributed by atoms with Crippen molar-refractivity contribution in [1.29, 1.82) is 0 Å². The van der Waals surface area contributed by atoms with Crippen molar-refractivity contribution in [3.8, 4) is 0 Å². The fraction of sp³-hybridized carbons (Fsp3) is 1.00. The molecule has 1 aliphatic carbocycles. The van der Waals surface area contributed by atoms with Crippen molar-refractivity contribution in [2.24, 2.45) is 11.3 Å². The summed E-state index contributed by atoms with van der Waals surface area (Å²) in [5.41, 5.74) is 0.372. The van der Waals surface area contributed by atoms with Crippen LogP contribution in [0.5, 0.6) is 0 Å². The Kier molecular flexibility index (Phi) is 5.26. The largest absolute Gasteiger partial charge is 0.314 e. The zero-order valence-corrected chi connectivity index (χ0v) is 11.8. The Hall–Kier alpha value is -0.0800. The molecule has 0 aromatic heterocycles. The molecule has 1 N–H and O–H groups in total. The van der Waals surface area contributed by atoms with Gasteiger partial charge < -0.3 is 10.2 Å². The zero-order chi connectivity index (χ0) is 12.2. The van der Waals surface area contributed by atoms with Crippen LogP contribution in [0, 0.1) is 11.3 Å². The summed E-state index contributed by atoms with van der Waals surface area (Å²) in [5, 5.41) is 3.70. The van der Waals surface area contributed by atoms with Crippen molar-refractivity contribution in [2.45, 2.75) is 52.5 Å². The molecule has 0 spiro atoms. The molecule has 0 heterocycles. The summed E-state index contributed by atoms with van der Waals surface area (Å²) in [7, 11) is 4.30. The van der Waals surface area contributed by atoms with E-state index in [9.17, 15) is 0 Å². The van der Waals surface area contributed by atoms with Crippen molar-refractivity contribution in [1.82, 2.24) is 10.2 Å². The first-order valence-electron chi connectivity index (χ1n) is 6.77. The van der Waals surface area contributed by atoms with Gasteiger partial charge in [-0.15, -0.1) is 0 Å². The minimum atomic E-state index is 0.372. The molecule has 1 fully saturated rings. The van der Waals surface area contributed by atoms with Gasteiger partial charge in [-0.3, -0.25) is 0 Å². The quantitative estimate of drug-likeness (QED) is 0.718. The van der Waals surface area contributed by atoms with Crippen LogP contribution in [0.1, 0.15) is 46.5 Å². The Morgan fingerprint density at radius 1 is 1.31 bits per heavy atom. The third-order valence-corrected chi connectivity index (χ3v) is 3.58. The number of hydrogen-bond donors (Lipinski definition) is 1. The topological polar surface area (TPSA) is 15.3 Å². The molecule has 2 nitrogen and oxygen atoms in total. The lowest BCUT2D eigenvalue weighted by Gasteiger charge is -2.32. The van der Waals surface area contributed by atoms with Gasteiger partial charge in [0.25, 0.3) is 0 Å². The van der Waals surface area contributed by atoms with E-state index < -0.39 is 0 Å². The molecule has 0 radical (unpaired) electrons. The second-order valence-electron chi connectivity index (χ2n) is 6.72. The molecule has 2 heteroatoms. The van der Waals surface area contributed by atoms with E-state index >= 15 is 0 Å². The highest BCUT2D eigenvalue weighted by Crippen LogP contribution is 2.30. The molecule has 1 unspecified atom stereocenters. The smallest absolute Gasteiger partial charge is 0.00416 e. The van der Waals surface area contributed by atoms with Crippen LogP contribution < -0.4 is 5.32 Å². The van der Waals surface area contributed by atoms with Crippen LogP contribution in [0.3, 0.4) is 0 Å². The third-order valence-electron chi connectivity index (χ3n) is 3.58. The lowest BCUT2D eigenvalue weighted by atomic mass is 9.81. The summed E-state index contributed by atoms with van der Waals surface area (Å²) < 4.78 is 0. The van der Waals surface area contributed by atoms with Gasteiger partial charge in [-0.1, -0.05) is 33.1 Å². The van der Waals surface area contributed by atoms with E-state index in [4.69, 9.17) is 0 Å². The van der Waals surface area contributed by atoms with E-state index in [2.05, 4.69) is 45.1 Å². The standard InChI is InChI=1S/C14H30N2/c1-12(9-13-7-6-8-13)15-10-14(2,3)11-16(4)5/h12-13,15H,6-11H2,1-5H3. The van der Waals surface area contributed by atoms with E-state index in [0.717, 1.165) is 19.0 Å². The average Bonchev–Trinajstić information content (AvgIpc) is 2.06. The maximum atomic E-state index is 3.70. The minimum Gasteiger partial charge on any atom is -0.314 e. The highest BCUT2D eigenvalue weighted by molar-refractivity contribution is 4.79. The normalized spacial score (nSPS) is 19.9. The minimum absolute atomic E-state index is 0.372. The van der Waals surface area contributed by atoms with Crippen molar-refractivity contribution in [3.63, 3.8) is 0 Å². The van der Waals surface area contributed by atoms with Gasteiger partial charge in [0, 0.05) is 19.1 Å². The van der Waals surface area contributed by atoms with Gasteiger partial charge in [-0.2, -0.15) is 0 Å². The zero-order valence-electron chi connectivity index (χ0n) is 11.8. The third kappa shape index (κ3) is 5.31. The van der Waals surface area contributed by atoms with E-state index in [1.54, 1.807) is 0 Å². The summed E-state index contributed by atoms with van der Waals surface area (Å²) in [5.74, 6) is 1.01. The van der Waals surface area contributed by atoms with Gasteiger partial charge in [-0.25, -0.2) is 0 Å². The Labute approximate surface area is 102 Å². The molecule has 1 atom stereocenters. The highest BCUT2D eigenvalue weighted by Gasteiger charge is 2.22. The number of rotatable bonds is 7. The van der Waals surface area contributed by atoms with Gasteiger partial charge >= 0.3 is 0 Å². The SMILES string of the molecule is CC(CC1CCC1)NCC(C)(C)CN(C)C. The molecule has 1 aliphatic rings. The Morgan fingerprint density at radius 2 is 1.94 bits per heavy atom. The van der Waals surface area contributed by atoms with Crippen LogP contribution in [-0.2, 0) is 0 Å². The number of hydrogen-bond acceptors (Lipinski definition) is 2. The fourth-order valence-electron chi connectivity index (χ4n) is 2.67. The van der Waals surface area contributed by atoms with Gasteiger partial charge in [0.1, 0.15) is 0 Å². The van der Waals surface area contributed by atoms with Crippen molar-refractivity contribution >= 4 is 0 Å². The van der Waals surface area contributed by atoms with Crippen molar-refractivity contribution < 1.29 is 0 Å². The van der Waals surface area contributed by atoms with Gasteiger partial charge in [0.05, 0.1) is 0 Å². The summed E-state index contributed by atoms with van der Waals surface area (Å²) in [6, 6.07) is 0.687. The molecular formula is C14H30N2. The maximum absolute atomic E-state index is 3.70. The summed E-state index contributed by atoms with van der Waals surface area (Å²) in [6.07, 6.45) is 5.77. The Balaban J connectivity index is 2.15. The maximum Gasteiger partial charge on any atom is 0.00416 e. The van der Waals surface area contributed by atoms with Gasteiger partial charge in [-0.05, 0) is 38.8 Å². The second kappa shape index (κ2) is 6.02. The molecule has 1 saturated carbocycles. The summed E-state index contributed by atoms with van der Waals surface area (Å²) >= 11 is 0. The van der Waals surface area contributed by atoms with Crippen LogP contribution in [0.2, 0.25) is 0 Å². The first kappa shape index (κ1) is 14.0. The molecule has 0 aliphatic heterocycles. The average molecular weight is 226 g/mol. The molecule has 0 aromatic rings. The molecule has 16 heavy (non-hydrogen) atoms. The molecular weight excluding hydrogens is 196 g/mol. The van der Waals surface area contributed by atoms with Crippen molar-refractivity contribution in [2.75, 3.05) is 27.2 Å². The molecule has 96 valence electrons. The van der Waals surface area contributed by atoms with E-state index in [1.807, 2.05) is 0 Å². The first-order valence-corrected chi connectivity index (χ1v) is 6.77. The van der Waals surface area contributed by atoms with Crippen LogP contribution in [-0.4, -0.2) is 38.1 Å². The molecule has 0 saturated heterocycles. The lowest BCUT2D eigenvalue weighted by molar-refractivity contribution is 0.211. The van der Waals surface area contributed by atoms with Crippen LogP contribution in [0.25, 0.3) is 0 Å². The van der Waals surface area contributed by atoms with E-state index in [1.165, 1.54) is 25.7 Å². The number of nitrogens with zero attached hydrogens (tertiary/aromatic N) is 1. The molecule has 0 bridgehead atoms. The second-order valence-corrected chi connectivity index (χ2v) is 6.72. The monoisotopic (exact) mass is 226 g/mol. The Morgan fingerprint density at radius 3 is 2.38 bits per heavy atom. The molecule has 0 amide bonds. The van der Waals surface area contributed by atoms with E-state index in [0.29, 0.717) is 11.5 Å². The van der Waals surface area contributed by atoms with Crippen LogP contribution in [0.15, 0.2) is 0 Å². The summed E-state index contributed by atoms with van der Waals surface area (Å²) in [4.78, 5) is 2.28. The lowest BCUT2D eigenvalue weighted by Crippen LogP contribution is -2.41. The fourth-order valence-corrected chi connectivity index (χ4v) is 2.67. The van der Waals surface area contributed by atoms with E-state index in [-0.39, 0.29) is 0 Å². The summed E-state index contributed by atoms with van der Waals surface area (Å²) in [6.45, 7) is 9.30. The van der Waals surface area contributed by atoms with Gasteiger partial charge in [0.15, 0.2) is 0 Å². The Bertz CT molecular complexity index is 195. The van der Waals surface area contributed by atoms with Crippen molar-refractivity contribution in [3.05, 3.63) is 0 Å². The molecule has 1 rings (SSSR count). The number of nitrogens with one attached hydrogen (secondary N) is 1. The predicted molar refractivity (Wildman–Crippen MR) is 71.8 cm³/mol. The highest BCUT2D eigenvalue weighted by atomic mass is 15.1. The molecule has 0 aromatic carbocycles. The van der Waals surface area contributed by atoms with Crippen LogP contribution >= 0.6 is 0 Å². The first-order chi connectivity index (χ1) is 7.39.